The van der Waals surface area contributed by atoms with E-state index in [1.54, 1.807) is 0 Å². The maximum Gasteiger partial charge on any atom is 0.233 e. The predicted molar refractivity (Wildman–Crippen MR) is 84.4 cm³/mol. The van der Waals surface area contributed by atoms with Crippen molar-refractivity contribution in [3.63, 3.8) is 0 Å². The molecule has 2 aromatic rings. The molecule has 1 amide bonds. The van der Waals surface area contributed by atoms with Crippen LogP contribution in [0.5, 0.6) is 0 Å². The van der Waals surface area contributed by atoms with Gasteiger partial charge < -0.3 is 4.90 Å². The quantitative estimate of drug-likeness (QED) is 0.873. The van der Waals surface area contributed by atoms with Crippen LogP contribution in [-0.2, 0) is 10.2 Å². The summed E-state index contributed by atoms with van der Waals surface area (Å²) in [6, 6.07) is 12.5. The second-order valence-electron chi connectivity index (χ2n) is 6.48. The van der Waals surface area contributed by atoms with Crippen LogP contribution in [0.2, 0.25) is 0 Å². The van der Waals surface area contributed by atoms with Gasteiger partial charge in [0.15, 0.2) is 0 Å². The van der Waals surface area contributed by atoms with Crippen LogP contribution >= 0.6 is 0 Å². The van der Waals surface area contributed by atoms with E-state index in [4.69, 9.17) is 0 Å². The Hall–Kier alpha value is -2.10. The van der Waals surface area contributed by atoms with Crippen LogP contribution in [0.4, 0.5) is 0 Å². The Morgan fingerprint density at radius 1 is 1.18 bits per heavy atom. The Kier molecular flexibility index (Phi) is 3.25. The fraction of sp³-hybridized carbons (Fsp3) is 0.444. The monoisotopic (exact) mass is 295 g/mol. The maximum atomic E-state index is 13.1. The summed E-state index contributed by atoms with van der Waals surface area (Å²) in [5.41, 5.74) is 0.939. The number of nitrogens with zero attached hydrogens (tertiary/aromatic N) is 3. The number of piperidine rings is 1. The molecule has 1 aromatic heterocycles. The zero-order valence-corrected chi connectivity index (χ0v) is 12.7. The topological polar surface area (TPSA) is 38.1 Å². The minimum absolute atomic E-state index is 0.243. The SMILES string of the molecule is O=C(N1CCC[C@@H](n2cccn2)C1)C1(c2ccccc2)CC1. The van der Waals surface area contributed by atoms with E-state index in [0.29, 0.717) is 11.9 Å². The van der Waals surface area contributed by atoms with E-state index >= 15 is 0 Å². The summed E-state index contributed by atoms with van der Waals surface area (Å²) >= 11 is 0. The largest absolute Gasteiger partial charge is 0.340 e. The van der Waals surface area contributed by atoms with Gasteiger partial charge in [-0.1, -0.05) is 30.3 Å². The predicted octanol–water partition coefficient (Wildman–Crippen LogP) is 2.78. The first-order valence-corrected chi connectivity index (χ1v) is 8.14. The smallest absolute Gasteiger partial charge is 0.233 e. The molecule has 2 aliphatic rings. The lowest BCUT2D eigenvalue weighted by atomic mass is 9.93. The van der Waals surface area contributed by atoms with Gasteiger partial charge in [-0.3, -0.25) is 9.48 Å². The average Bonchev–Trinajstić information content (AvgIpc) is 3.21. The molecule has 4 heteroatoms. The van der Waals surface area contributed by atoms with E-state index in [9.17, 15) is 4.79 Å². The number of benzene rings is 1. The number of rotatable bonds is 3. The van der Waals surface area contributed by atoms with Crippen molar-refractivity contribution in [3.05, 3.63) is 54.4 Å². The Morgan fingerprint density at radius 3 is 2.68 bits per heavy atom. The van der Waals surface area contributed by atoms with Crippen LogP contribution in [0.1, 0.15) is 37.3 Å². The molecule has 1 aromatic carbocycles. The van der Waals surface area contributed by atoms with Crippen molar-refractivity contribution in [2.45, 2.75) is 37.1 Å². The normalized spacial score (nSPS) is 23.3. The summed E-state index contributed by atoms with van der Waals surface area (Å²) in [5, 5.41) is 4.35. The van der Waals surface area contributed by atoms with Crippen LogP contribution in [0.3, 0.4) is 0 Å². The van der Waals surface area contributed by atoms with Crippen LogP contribution in [0.25, 0.3) is 0 Å². The first kappa shape index (κ1) is 13.6. The minimum Gasteiger partial charge on any atom is -0.340 e. The standard InChI is InChI=1S/C18H21N3O/c22-17(18(9-10-18)15-6-2-1-3-7-15)20-12-4-8-16(14-20)21-13-5-11-19-21/h1-3,5-7,11,13,16H,4,8-10,12,14H2/t16-/m1/s1. The van der Waals surface area contributed by atoms with Gasteiger partial charge in [0.25, 0.3) is 0 Å². The maximum absolute atomic E-state index is 13.1. The molecule has 2 heterocycles. The average molecular weight is 295 g/mol. The van der Waals surface area contributed by atoms with Gasteiger partial charge in [0.1, 0.15) is 0 Å². The van der Waals surface area contributed by atoms with Gasteiger partial charge >= 0.3 is 0 Å². The van der Waals surface area contributed by atoms with Crippen molar-refractivity contribution < 1.29 is 4.79 Å². The molecular weight excluding hydrogens is 274 g/mol. The van der Waals surface area contributed by atoms with E-state index < -0.39 is 0 Å². The summed E-state index contributed by atoms with van der Waals surface area (Å²) in [5.74, 6) is 0.315. The number of amides is 1. The molecule has 0 bridgehead atoms. The highest BCUT2D eigenvalue weighted by Gasteiger charge is 2.53. The second-order valence-corrected chi connectivity index (χ2v) is 6.48. The number of hydrogen-bond donors (Lipinski definition) is 0. The number of carbonyl (C=O) groups excluding carboxylic acids is 1. The van der Waals surface area contributed by atoms with Crippen molar-refractivity contribution in [3.8, 4) is 0 Å². The molecule has 0 N–H and O–H groups in total. The summed E-state index contributed by atoms with van der Waals surface area (Å²) in [7, 11) is 0. The number of carbonyl (C=O) groups is 1. The molecule has 4 nitrogen and oxygen atoms in total. The van der Waals surface area contributed by atoms with E-state index in [1.807, 2.05) is 41.3 Å². The Morgan fingerprint density at radius 2 is 2.00 bits per heavy atom. The van der Waals surface area contributed by atoms with Crippen LogP contribution in [0.15, 0.2) is 48.8 Å². The van der Waals surface area contributed by atoms with Crippen molar-refractivity contribution in [2.75, 3.05) is 13.1 Å². The Bertz CT molecular complexity index is 646. The number of likely N-dealkylation sites (tertiary alicyclic amines) is 1. The number of hydrogen-bond acceptors (Lipinski definition) is 2. The molecule has 22 heavy (non-hydrogen) atoms. The molecular formula is C18H21N3O. The van der Waals surface area contributed by atoms with Crippen LogP contribution in [0, 0.1) is 0 Å². The first-order valence-electron chi connectivity index (χ1n) is 8.14. The molecule has 1 aliphatic carbocycles. The second kappa shape index (κ2) is 5.27. The molecule has 1 saturated heterocycles. The van der Waals surface area contributed by atoms with Crippen LogP contribution in [-0.4, -0.2) is 33.7 Å². The van der Waals surface area contributed by atoms with E-state index in [2.05, 4.69) is 22.1 Å². The lowest BCUT2D eigenvalue weighted by Crippen LogP contribution is -2.45. The molecule has 2 fully saturated rings. The third-order valence-electron chi connectivity index (χ3n) is 5.07. The van der Waals surface area contributed by atoms with Gasteiger partial charge in [0, 0.05) is 25.5 Å². The lowest BCUT2D eigenvalue weighted by Gasteiger charge is -2.35. The fourth-order valence-electron chi connectivity index (χ4n) is 3.66. The van der Waals surface area contributed by atoms with Crippen LogP contribution < -0.4 is 0 Å². The van der Waals surface area contributed by atoms with Gasteiger partial charge in [-0.25, -0.2) is 0 Å². The fourth-order valence-corrected chi connectivity index (χ4v) is 3.66. The van der Waals surface area contributed by atoms with Crippen molar-refractivity contribution >= 4 is 5.91 Å². The molecule has 0 radical (unpaired) electrons. The van der Waals surface area contributed by atoms with Crippen molar-refractivity contribution in [1.29, 1.82) is 0 Å². The van der Waals surface area contributed by atoms with E-state index in [1.165, 1.54) is 5.56 Å². The molecule has 0 unspecified atom stereocenters. The van der Waals surface area contributed by atoms with Gasteiger partial charge in [0.05, 0.1) is 11.5 Å². The highest BCUT2D eigenvalue weighted by molar-refractivity contribution is 5.91. The highest BCUT2D eigenvalue weighted by atomic mass is 16.2. The van der Waals surface area contributed by atoms with E-state index in [0.717, 1.165) is 38.8 Å². The number of aromatic nitrogens is 2. The Balaban J connectivity index is 1.53. The zero-order valence-electron chi connectivity index (χ0n) is 12.7. The molecule has 1 aliphatic heterocycles. The van der Waals surface area contributed by atoms with E-state index in [-0.39, 0.29) is 5.41 Å². The van der Waals surface area contributed by atoms with Crippen molar-refractivity contribution in [1.82, 2.24) is 14.7 Å². The summed E-state index contributed by atoms with van der Waals surface area (Å²) in [4.78, 5) is 15.2. The zero-order chi connectivity index (χ0) is 15.0. The first-order chi connectivity index (χ1) is 10.8. The summed E-state index contributed by atoms with van der Waals surface area (Å²) in [6.07, 6.45) is 7.94. The molecule has 1 saturated carbocycles. The van der Waals surface area contributed by atoms with Gasteiger partial charge in [-0.2, -0.15) is 5.10 Å². The molecule has 4 rings (SSSR count). The Labute approximate surface area is 130 Å². The van der Waals surface area contributed by atoms with Gasteiger partial charge in [0.2, 0.25) is 5.91 Å². The molecule has 114 valence electrons. The molecule has 0 spiro atoms. The van der Waals surface area contributed by atoms with Crippen molar-refractivity contribution in [2.24, 2.45) is 0 Å². The third kappa shape index (κ3) is 2.23. The summed E-state index contributed by atoms with van der Waals surface area (Å²) in [6.45, 7) is 1.67. The van der Waals surface area contributed by atoms with Gasteiger partial charge in [-0.15, -0.1) is 0 Å². The van der Waals surface area contributed by atoms with Gasteiger partial charge in [-0.05, 0) is 37.3 Å². The minimum atomic E-state index is -0.243. The summed E-state index contributed by atoms with van der Waals surface area (Å²) < 4.78 is 2.00. The molecule has 1 atom stereocenters. The highest BCUT2D eigenvalue weighted by Crippen LogP contribution is 2.50. The third-order valence-corrected chi connectivity index (χ3v) is 5.07. The lowest BCUT2D eigenvalue weighted by molar-refractivity contribution is -0.135.